The third-order valence-electron chi connectivity index (χ3n) is 4.08. The van der Waals surface area contributed by atoms with Gasteiger partial charge in [-0.05, 0) is 19.9 Å². The van der Waals surface area contributed by atoms with Crippen LogP contribution in [0.4, 0.5) is 0 Å². The molecule has 0 unspecified atom stereocenters. The molecule has 0 atom stereocenters. The summed E-state index contributed by atoms with van der Waals surface area (Å²) in [6.45, 7) is 2.31. The number of rotatable bonds is 6. The third kappa shape index (κ3) is 4.03. The highest BCUT2D eigenvalue weighted by Gasteiger charge is 2.32. The van der Waals surface area contributed by atoms with Gasteiger partial charge < -0.3 is 15.2 Å². The number of aromatic nitrogens is 2. The molecule has 1 aliphatic rings. The zero-order valence-electron chi connectivity index (χ0n) is 12.4. The molecule has 1 fully saturated rings. The summed E-state index contributed by atoms with van der Waals surface area (Å²) in [5, 5.41) is 10.1. The Morgan fingerprint density at radius 2 is 2.10 bits per heavy atom. The van der Waals surface area contributed by atoms with Crippen molar-refractivity contribution in [2.75, 3.05) is 13.6 Å². The molecule has 1 heterocycles. The molecule has 0 bridgehead atoms. The number of aryl methyl sites for hydroxylation is 1. The van der Waals surface area contributed by atoms with Crippen molar-refractivity contribution in [1.29, 1.82) is 0 Å². The van der Waals surface area contributed by atoms with Crippen molar-refractivity contribution in [2.24, 2.45) is 0 Å². The van der Waals surface area contributed by atoms with Gasteiger partial charge in [-0.1, -0.05) is 24.4 Å². The summed E-state index contributed by atoms with van der Waals surface area (Å²) in [4.78, 5) is 16.2. The van der Waals surface area contributed by atoms with Crippen LogP contribution in [0, 0.1) is 6.92 Å². The van der Waals surface area contributed by atoms with Crippen LogP contribution in [0.2, 0.25) is 0 Å². The zero-order valence-corrected chi connectivity index (χ0v) is 12.4. The van der Waals surface area contributed by atoms with E-state index in [1.54, 1.807) is 6.92 Å². The van der Waals surface area contributed by atoms with Gasteiger partial charge >= 0.3 is 0 Å². The van der Waals surface area contributed by atoms with E-state index in [0.29, 0.717) is 31.1 Å². The third-order valence-corrected chi connectivity index (χ3v) is 4.08. The Balaban J connectivity index is 1.74. The fourth-order valence-corrected chi connectivity index (χ4v) is 2.87. The summed E-state index contributed by atoms with van der Waals surface area (Å²) in [6, 6.07) is 0. The van der Waals surface area contributed by atoms with E-state index < -0.39 is 0 Å². The van der Waals surface area contributed by atoms with Crippen molar-refractivity contribution in [3.05, 3.63) is 11.7 Å². The molecule has 6 nitrogen and oxygen atoms in total. The number of amides is 1. The lowest BCUT2D eigenvalue weighted by Crippen LogP contribution is -2.48. The minimum atomic E-state index is -0.00887. The van der Waals surface area contributed by atoms with E-state index in [-0.39, 0.29) is 11.4 Å². The first kappa shape index (κ1) is 15.0. The summed E-state index contributed by atoms with van der Waals surface area (Å²) in [5.74, 6) is 1.30. The van der Waals surface area contributed by atoms with Crippen molar-refractivity contribution in [3.8, 4) is 0 Å². The molecule has 1 saturated carbocycles. The summed E-state index contributed by atoms with van der Waals surface area (Å²) >= 11 is 0. The first-order valence-corrected chi connectivity index (χ1v) is 7.38. The second-order valence-corrected chi connectivity index (χ2v) is 5.60. The summed E-state index contributed by atoms with van der Waals surface area (Å²) in [5.41, 5.74) is -0.00887. The van der Waals surface area contributed by atoms with Crippen LogP contribution in [-0.4, -0.2) is 35.2 Å². The van der Waals surface area contributed by atoms with Crippen LogP contribution in [0.25, 0.3) is 0 Å². The summed E-state index contributed by atoms with van der Waals surface area (Å²) in [7, 11) is 1.96. The van der Waals surface area contributed by atoms with Gasteiger partial charge in [-0.25, -0.2) is 0 Å². The lowest BCUT2D eigenvalue weighted by Gasteiger charge is -2.36. The largest absolute Gasteiger partial charge is 0.356 e. The SMILES string of the molecule is CNC1(CC(=O)NCCc2noc(C)n2)CCCCC1. The molecule has 0 saturated heterocycles. The highest BCUT2D eigenvalue weighted by molar-refractivity contribution is 5.77. The predicted molar refractivity (Wildman–Crippen MR) is 75.2 cm³/mol. The average molecular weight is 280 g/mol. The molecule has 1 amide bonds. The fraction of sp³-hybridized carbons (Fsp3) is 0.786. The maximum absolute atomic E-state index is 12.1. The molecule has 2 N–H and O–H groups in total. The Hall–Kier alpha value is -1.43. The molecule has 1 aliphatic carbocycles. The molecule has 1 aromatic rings. The Kier molecular flexibility index (Phi) is 5.11. The standard InChI is InChI=1S/C14H24N4O2/c1-11-17-12(18-20-11)6-9-16-13(19)10-14(15-2)7-4-3-5-8-14/h15H,3-10H2,1-2H3,(H,16,19). The average Bonchev–Trinajstić information content (AvgIpc) is 2.85. The second kappa shape index (κ2) is 6.83. The van der Waals surface area contributed by atoms with Crippen molar-refractivity contribution >= 4 is 5.91 Å². The van der Waals surface area contributed by atoms with Gasteiger partial charge in [0.15, 0.2) is 5.82 Å². The maximum atomic E-state index is 12.1. The van der Waals surface area contributed by atoms with E-state index in [4.69, 9.17) is 4.52 Å². The molecule has 2 rings (SSSR count). The van der Waals surface area contributed by atoms with E-state index in [0.717, 1.165) is 12.8 Å². The van der Waals surface area contributed by atoms with E-state index in [1.165, 1.54) is 19.3 Å². The second-order valence-electron chi connectivity index (χ2n) is 5.60. The van der Waals surface area contributed by atoms with Gasteiger partial charge in [-0.3, -0.25) is 4.79 Å². The number of hydrogen-bond acceptors (Lipinski definition) is 5. The molecule has 20 heavy (non-hydrogen) atoms. The molecule has 0 radical (unpaired) electrons. The van der Waals surface area contributed by atoms with Crippen LogP contribution in [0.3, 0.4) is 0 Å². The number of nitrogens with one attached hydrogen (secondary N) is 2. The van der Waals surface area contributed by atoms with Crippen molar-refractivity contribution in [1.82, 2.24) is 20.8 Å². The number of carbonyl (C=O) groups excluding carboxylic acids is 1. The van der Waals surface area contributed by atoms with E-state index in [2.05, 4.69) is 20.8 Å². The van der Waals surface area contributed by atoms with Gasteiger partial charge in [0.2, 0.25) is 11.8 Å². The Labute approximate surface area is 119 Å². The van der Waals surface area contributed by atoms with Crippen molar-refractivity contribution < 1.29 is 9.32 Å². The number of carbonyl (C=O) groups is 1. The zero-order chi connectivity index (χ0) is 14.4. The number of hydrogen-bond donors (Lipinski definition) is 2. The molecular formula is C14H24N4O2. The van der Waals surface area contributed by atoms with E-state index in [1.807, 2.05) is 7.05 Å². The smallest absolute Gasteiger partial charge is 0.223 e. The lowest BCUT2D eigenvalue weighted by molar-refractivity contribution is -0.122. The summed E-state index contributed by atoms with van der Waals surface area (Å²) in [6.07, 6.45) is 7.01. The molecule has 0 aliphatic heterocycles. The molecule has 6 heteroatoms. The Morgan fingerprint density at radius 3 is 2.70 bits per heavy atom. The van der Waals surface area contributed by atoms with Gasteiger partial charge in [-0.15, -0.1) is 0 Å². The predicted octanol–water partition coefficient (Wildman–Crippen LogP) is 1.35. The molecule has 1 aromatic heterocycles. The van der Waals surface area contributed by atoms with Crippen LogP contribution in [-0.2, 0) is 11.2 Å². The molecular weight excluding hydrogens is 256 g/mol. The van der Waals surface area contributed by atoms with Crippen LogP contribution in [0.1, 0.15) is 50.2 Å². The maximum Gasteiger partial charge on any atom is 0.223 e. The van der Waals surface area contributed by atoms with Gasteiger partial charge in [0, 0.05) is 31.8 Å². The van der Waals surface area contributed by atoms with E-state index in [9.17, 15) is 4.79 Å². The van der Waals surface area contributed by atoms with Crippen LogP contribution in [0.5, 0.6) is 0 Å². The normalized spacial score (nSPS) is 17.9. The van der Waals surface area contributed by atoms with E-state index >= 15 is 0 Å². The van der Waals surface area contributed by atoms with Gasteiger partial charge in [0.25, 0.3) is 0 Å². The monoisotopic (exact) mass is 280 g/mol. The summed E-state index contributed by atoms with van der Waals surface area (Å²) < 4.78 is 4.89. The quantitative estimate of drug-likeness (QED) is 0.822. The van der Waals surface area contributed by atoms with Gasteiger partial charge in [0.05, 0.1) is 0 Å². The first-order chi connectivity index (χ1) is 9.63. The minimum Gasteiger partial charge on any atom is -0.356 e. The number of nitrogens with zero attached hydrogens (tertiary/aromatic N) is 2. The highest BCUT2D eigenvalue weighted by atomic mass is 16.5. The van der Waals surface area contributed by atoms with Crippen molar-refractivity contribution in [2.45, 2.75) is 57.4 Å². The first-order valence-electron chi connectivity index (χ1n) is 7.38. The van der Waals surface area contributed by atoms with Crippen LogP contribution in [0.15, 0.2) is 4.52 Å². The van der Waals surface area contributed by atoms with Crippen LogP contribution < -0.4 is 10.6 Å². The van der Waals surface area contributed by atoms with Crippen molar-refractivity contribution in [3.63, 3.8) is 0 Å². The molecule has 112 valence electrons. The lowest BCUT2D eigenvalue weighted by atomic mass is 9.79. The van der Waals surface area contributed by atoms with Crippen LogP contribution >= 0.6 is 0 Å². The molecule has 0 aromatic carbocycles. The Bertz CT molecular complexity index is 438. The van der Waals surface area contributed by atoms with Gasteiger partial charge in [-0.2, -0.15) is 4.98 Å². The molecule has 0 spiro atoms. The minimum absolute atomic E-state index is 0.00887. The Morgan fingerprint density at radius 1 is 1.35 bits per heavy atom. The van der Waals surface area contributed by atoms with Gasteiger partial charge in [0.1, 0.15) is 0 Å². The fourth-order valence-electron chi connectivity index (χ4n) is 2.87. The topological polar surface area (TPSA) is 80.0 Å². The highest BCUT2D eigenvalue weighted by Crippen LogP contribution is 2.30.